The highest BCUT2D eigenvalue weighted by molar-refractivity contribution is 7.80. The lowest BCUT2D eigenvalue weighted by atomic mass is 10.4. The third-order valence-corrected chi connectivity index (χ3v) is 4.52. The zero-order chi connectivity index (χ0) is 7.23. The molecule has 10 heavy (non-hydrogen) atoms. The first-order chi connectivity index (χ1) is 4.93. The largest absolute Gasteiger partial charge is 0.417 e. The number of thiol groups is 1. The summed E-state index contributed by atoms with van der Waals surface area (Å²) in [6.45, 7) is 1.03. The van der Waals surface area contributed by atoms with Crippen LogP contribution in [0.15, 0.2) is 0 Å². The predicted octanol–water partition coefficient (Wildman–Crippen LogP) is 2.11. The Morgan fingerprint density at radius 3 is 2.90 bits per heavy atom. The molecule has 0 aromatic carbocycles. The molecule has 0 bridgehead atoms. The number of hydrogen-bond donors (Lipinski definition) is 1. The Morgan fingerprint density at radius 1 is 1.40 bits per heavy atom. The van der Waals surface area contributed by atoms with Gasteiger partial charge >= 0.3 is 0 Å². The third kappa shape index (κ3) is 3.08. The lowest BCUT2D eigenvalue weighted by molar-refractivity contribution is 0.286. The van der Waals surface area contributed by atoms with E-state index in [4.69, 9.17) is 4.43 Å². The fourth-order valence-electron chi connectivity index (χ4n) is 1.19. The Labute approximate surface area is 70.3 Å². The smallest absolute Gasteiger partial charge is 0.211 e. The van der Waals surface area contributed by atoms with Crippen LogP contribution in [0.4, 0.5) is 0 Å². The predicted molar refractivity (Wildman–Crippen MR) is 49.0 cm³/mol. The van der Waals surface area contributed by atoms with E-state index in [1.165, 1.54) is 31.4 Å². The van der Waals surface area contributed by atoms with Crippen LogP contribution in [-0.2, 0) is 4.43 Å². The van der Waals surface area contributed by atoms with Crippen LogP contribution in [-0.4, -0.2) is 21.4 Å². The lowest BCUT2D eigenvalue weighted by Crippen LogP contribution is -2.22. The van der Waals surface area contributed by atoms with Crippen molar-refractivity contribution in [2.45, 2.75) is 31.4 Å². The van der Waals surface area contributed by atoms with Gasteiger partial charge in [0, 0.05) is 6.61 Å². The van der Waals surface area contributed by atoms with Gasteiger partial charge in [-0.05, 0) is 30.7 Å². The summed E-state index contributed by atoms with van der Waals surface area (Å²) >= 11 is 4.18. The highest BCUT2D eigenvalue weighted by Crippen LogP contribution is 2.15. The normalized spacial score (nSPS) is 21.3. The standard InChI is InChI=1S/C7H15OSSi/c9-5-3-7-10-6-2-1-4-8-10/h9H,1-7H2. The van der Waals surface area contributed by atoms with E-state index < -0.39 is 0 Å². The monoisotopic (exact) mass is 175 g/mol. The van der Waals surface area contributed by atoms with Gasteiger partial charge in [-0.3, -0.25) is 0 Å². The Balaban J connectivity index is 2.02. The van der Waals surface area contributed by atoms with Gasteiger partial charge in [-0.2, -0.15) is 12.6 Å². The molecule has 1 aliphatic rings. The van der Waals surface area contributed by atoms with Crippen molar-refractivity contribution in [2.24, 2.45) is 0 Å². The molecule has 0 atom stereocenters. The van der Waals surface area contributed by atoms with Crippen LogP contribution in [0, 0.1) is 0 Å². The van der Waals surface area contributed by atoms with Crippen molar-refractivity contribution < 1.29 is 4.43 Å². The molecule has 0 aliphatic carbocycles. The van der Waals surface area contributed by atoms with Crippen molar-refractivity contribution >= 4 is 21.7 Å². The van der Waals surface area contributed by atoms with E-state index in [2.05, 4.69) is 12.6 Å². The van der Waals surface area contributed by atoms with Gasteiger partial charge < -0.3 is 4.43 Å². The summed E-state index contributed by atoms with van der Waals surface area (Å²) in [7, 11) is -0.360. The molecule has 1 aliphatic heterocycles. The molecule has 59 valence electrons. The van der Waals surface area contributed by atoms with Crippen LogP contribution in [0.1, 0.15) is 19.3 Å². The van der Waals surface area contributed by atoms with E-state index in [1.54, 1.807) is 0 Å². The summed E-state index contributed by atoms with van der Waals surface area (Å²) in [4.78, 5) is 0. The van der Waals surface area contributed by atoms with Crippen LogP contribution < -0.4 is 0 Å². The SMILES string of the molecule is SCCC[Si]1CCCCO1. The van der Waals surface area contributed by atoms with E-state index in [9.17, 15) is 0 Å². The van der Waals surface area contributed by atoms with Crippen molar-refractivity contribution in [3.05, 3.63) is 0 Å². The van der Waals surface area contributed by atoms with Crippen LogP contribution in [0.25, 0.3) is 0 Å². The van der Waals surface area contributed by atoms with Crippen LogP contribution in [0.2, 0.25) is 12.1 Å². The zero-order valence-corrected chi connectivity index (χ0v) is 8.20. The summed E-state index contributed by atoms with van der Waals surface area (Å²) in [6.07, 6.45) is 3.94. The highest BCUT2D eigenvalue weighted by atomic mass is 32.1. The molecule has 1 heterocycles. The second kappa shape index (κ2) is 5.21. The average molecular weight is 175 g/mol. The van der Waals surface area contributed by atoms with Crippen LogP contribution in [0.5, 0.6) is 0 Å². The van der Waals surface area contributed by atoms with Gasteiger partial charge in [-0.15, -0.1) is 0 Å². The van der Waals surface area contributed by atoms with Crippen LogP contribution >= 0.6 is 12.6 Å². The van der Waals surface area contributed by atoms with Gasteiger partial charge in [0.05, 0.1) is 0 Å². The van der Waals surface area contributed by atoms with Gasteiger partial charge in [-0.25, -0.2) is 0 Å². The van der Waals surface area contributed by atoms with Crippen molar-refractivity contribution in [3.8, 4) is 0 Å². The summed E-state index contributed by atoms with van der Waals surface area (Å²) in [5.74, 6) is 1.03. The highest BCUT2D eigenvalue weighted by Gasteiger charge is 2.15. The molecular weight excluding hydrogens is 160 g/mol. The van der Waals surface area contributed by atoms with Gasteiger partial charge in [0.1, 0.15) is 0 Å². The van der Waals surface area contributed by atoms with Gasteiger partial charge in [0.2, 0.25) is 9.04 Å². The maximum atomic E-state index is 5.65. The van der Waals surface area contributed by atoms with Crippen molar-refractivity contribution in [1.82, 2.24) is 0 Å². The Morgan fingerprint density at radius 2 is 2.30 bits per heavy atom. The zero-order valence-electron chi connectivity index (χ0n) is 6.31. The lowest BCUT2D eigenvalue weighted by Gasteiger charge is -2.19. The molecule has 1 rings (SSSR count). The fraction of sp³-hybridized carbons (Fsp3) is 1.00. The average Bonchev–Trinajstić information content (AvgIpc) is 2.03. The molecule has 1 nitrogen and oxygen atoms in total. The topological polar surface area (TPSA) is 9.23 Å². The summed E-state index contributed by atoms with van der Waals surface area (Å²) in [5, 5.41) is 0. The minimum atomic E-state index is -0.360. The van der Waals surface area contributed by atoms with Gasteiger partial charge in [-0.1, -0.05) is 6.42 Å². The number of hydrogen-bond acceptors (Lipinski definition) is 2. The van der Waals surface area contributed by atoms with Crippen molar-refractivity contribution in [3.63, 3.8) is 0 Å². The van der Waals surface area contributed by atoms with Crippen LogP contribution in [0.3, 0.4) is 0 Å². The molecule has 0 unspecified atom stereocenters. The maximum Gasteiger partial charge on any atom is 0.211 e. The summed E-state index contributed by atoms with van der Waals surface area (Å²) < 4.78 is 5.65. The van der Waals surface area contributed by atoms with Gasteiger partial charge in [0.25, 0.3) is 0 Å². The molecule has 1 radical (unpaired) electrons. The molecule has 0 saturated carbocycles. The van der Waals surface area contributed by atoms with Crippen molar-refractivity contribution in [1.29, 1.82) is 0 Å². The summed E-state index contributed by atoms with van der Waals surface area (Å²) in [5.41, 5.74) is 0. The summed E-state index contributed by atoms with van der Waals surface area (Å²) in [6, 6.07) is 2.69. The van der Waals surface area contributed by atoms with E-state index in [0.29, 0.717) is 0 Å². The molecular formula is C7H15OSSi. The molecule has 1 fully saturated rings. The first-order valence-corrected chi connectivity index (χ1v) is 6.47. The second-order valence-corrected chi connectivity index (χ2v) is 5.48. The molecule has 0 aromatic heterocycles. The van der Waals surface area contributed by atoms with E-state index >= 15 is 0 Å². The minimum Gasteiger partial charge on any atom is -0.417 e. The van der Waals surface area contributed by atoms with Crippen molar-refractivity contribution in [2.75, 3.05) is 12.4 Å². The molecule has 1 saturated heterocycles. The van der Waals surface area contributed by atoms with E-state index in [1.807, 2.05) is 0 Å². The Hall–Kier alpha value is 0.527. The first-order valence-electron chi connectivity index (χ1n) is 4.02. The number of rotatable bonds is 3. The molecule has 0 aromatic rings. The van der Waals surface area contributed by atoms with Gasteiger partial charge in [0.15, 0.2) is 0 Å². The fourth-order valence-corrected chi connectivity index (χ4v) is 3.83. The molecule has 0 amide bonds. The third-order valence-electron chi connectivity index (χ3n) is 1.77. The maximum absolute atomic E-state index is 5.65. The minimum absolute atomic E-state index is 0.360. The second-order valence-electron chi connectivity index (χ2n) is 2.67. The molecule has 0 spiro atoms. The van der Waals surface area contributed by atoms with E-state index in [-0.39, 0.29) is 9.04 Å². The molecule has 3 heteroatoms. The first kappa shape index (κ1) is 8.62. The Bertz CT molecular complexity index is 83.7. The molecule has 0 N–H and O–H groups in total. The quantitative estimate of drug-likeness (QED) is 0.510. The Kier molecular flexibility index (Phi) is 4.49. The van der Waals surface area contributed by atoms with E-state index in [0.717, 1.165) is 12.4 Å².